The Bertz CT molecular complexity index is 590. The zero-order valence-corrected chi connectivity index (χ0v) is 10.6. The number of rotatable bonds is 3. The molecule has 1 N–H and O–H groups in total. The molecule has 2 aromatic heterocycles. The first-order valence-electron chi connectivity index (χ1n) is 5.05. The van der Waals surface area contributed by atoms with Gasteiger partial charge in [-0.05, 0) is 13.8 Å². The van der Waals surface area contributed by atoms with Crippen molar-refractivity contribution < 1.29 is 4.42 Å². The van der Waals surface area contributed by atoms with E-state index in [0.29, 0.717) is 28.3 Å². The third-order valence-electron chi connectivity index (χ3n) is 2.27. The highest BCUT2D eigenvalue weighted by atomic mass is 32.2. The van der Waals surface area contributed by atoms with E-state index in [-0.39, 0.29) is 5.56 Å². The molecule has 0 fully saturated rings. The van der Waals surface area contributed by atoms with Crippen molar-refractivity contribution in [2.75, 3.05) is 0 Å². The van der Waals surface area contributed by atoms with Crippen LogP contribution < -0.4 is 5.56 Å². The summed E-state index contributed by atoms with van der Waals surface area (Å²) >= 11 is 1.36. The second-order valence-corrected chi connectivity index (χ2v) is 4.55. The van der Waals surface area contributed by atoms with Crippen molar-refractivity contribution >= 4 is 11.8 Å². The van der Waals surface area contributed by atoms with E-state index in [2.05, 4.69) is 20.2 Å². The lowest BCUT2D eigenvalue weighted by Crippen LogP contribution is -2.14. The van der Waals surface area contributed by atoms with Gasteiger partial charge in [-0.15, -0.1) is 10.2 Å². The van der Waals surface area contributed by atoms with E-state index in [9.17, 15) is 4.79 Å². The molecule has 0 aliphatic rings. The summed E-state index contributed by atoms with van der Waals surface area (Å²) in [6.45, 7) is 5.29. The Hall–Kier alpha value is -1.63. The van der Waals surface area contributed by atoms with Crippen molar-refractivity contribution in [3.05, 3.63) is 33.4 Å². The fourth-order valence-electron chi connectivity index (χ4n) is 1.21. The van der Waals surface area contributed by atoms with E-state index in [4.69, 9.17) is 4.42 Å². The summed E-state index contributed by atoms with van der Waals surface area (Å²) in [7, 11) is 0. The highest BCUT2D eigenvalue weighted by Gasteiger charge is 2.07. The first-order valence-corrected chi connectivity index (χ1v) is 6.04. The quantitative estimate of drug-likeness (QED) is 0.656. The van der Waals surface area contributed by atoms with Crippen LogP contribution in [0.3, 0.4) is 0 Å². The molecule has 0 bridgehead atoms. The predicted octanol–water partition coefficient (Wildman–Crippen LogP) is 1.37. The molecule has 2 rings (SSSR count). The Morgan fingerprint density at radius 1 is 1.29 bits per heavy atom. The van der Waals surface area contributed by atoms with Crippen LogP contribution >= 0.6 is 11.8 Å². The van der Waals surface area contributed by atoms with Crippen molar-refractivity contribution in [2.45, 2.75) is 31.7 Å². The Labute approximate surface area is 102 Å². The Morgan fingerprint density at radius 2 is 2.06 bits per heavy atom. The Balaban J connectivity index is 2.12. The van der Waals surface area contributed by atoms with Gasteiger partial charge < -0.3 is 9.40 Å². The highest BCUT2D eigenvalue weighted by molar-refractivity contribution is 7.98. The summed E-state index contributed by atoms with van der Waals surface area (Å²) in [6, 6.07) is 0. The second kappa shape index (κ2) is 4.70. The summed E-state index contributed by atoms with van der Waals surface area (Å²) in [6.07, 6.45) is 0. The maximum Gasteiger partial charge on any atom is 0.254 e. The molecule has 0 unspecified atom stereocenters. The topological polar surface area (TPSA) is 84.7 Å². The normalized spacial score (nSPS) is 10.8. The van der Waals surface area contributed by atoms with Crippen molar-refractivity contribution in [1.29, 1.82) is 0 Å². The average Bonchev–Trinajstić information content (AvgIpc) is 2.69. The molecule has 6 nitrogen and oxygen atoms in total. The third-order valence-corrected chi connectivity index (χ3v) is 3.13. The minimum atomic E-state index is -0.110. The molecule has 0 saturated heterocycles. The van der Waals surface area contributed by atoms with E-state index in [1.807, 2.05) is 6.92 Å². The van der Waals surface area contributed by atoms with Gasteiger partial charge in [0, 0.05) is 18.2 Å². The lowest BCUT2D eigenvalue weighted by Gasteiger charge is -2.01. The van der Waals surface area contributed by atoms with Crippen LogP contribution in [-0.4, -0.2) is 20.2 Å². The number of aromatic nitrogens is 4. The molecule has 90 valence electrons. The average molecular weight is 252 g/mol. The van der Waals surface area contributed by atoms with E-state index in [1.165, 1.54) is 11.8 Å². The molecular weight excluding hydrogens is 240 g/mol. The molecular formula is C10H12N4O2S. The first-order chi connectivity index (χ1) is 8.06. The smallest absolute Gasteiger partial charge is 0.254 e. The minimum absolute atomic E-state index is 0.110. The number of aromatic amines is 1. The van der Waals surface area contributed by atoms with E-state index in [1.54, 1.807) is 13.8 Å². The Kier molecular flexibility index (Phi) is 3.28. The fraction of sp³-hybridized carbons (Fsp3) is 0.400. The number of hydrogen-bond donors (Lipinski definition) is 1. The molecule has 0 radical (unpaired) electrons. The molecule has 17 heavy (non-hydrogen) atoms. The maximum absolute atomic E-state index is 11.5. The molecule has 0 aromatic carbocycles. The van der Waals surface area contributed by atoms with Crippen LogP contribution in [-0.2, 0) is 5.75 Å². The molecule has 0 saturated carbocycles. The molecule has 0 aliphatic carbocycles. The van der Waals surface area contributed by atoms with Gasteiger partial charge in [0.05, 0.1) is 5.75 Å². The van der Waals surface area contributed by atoms with Gasteiger partial charge in [0.1, 0.15) is 0 Å². The summed E-state index contributed by atoms with van der Waals surface area (Å²) < 4.78 is 5.23. The molecule has 0 amide bonds. The van der Waals surface area contributed by atoms with Crippen molar-refractivity contribution in [2.24, 2.45) is 0 Å². The van der Waals surface area contributed by atoms with E-state index in [0.717, 1.165) is 5.69 Å². The zero-order valence-electron chi connectivity index (χ0n) is 9.77. The van der Waals surface area contributed by atoms with Gasteiger partial charge in [-0.1, -0.05) is 11.8 Å². The number of nitrogens with zero attached hydrogens (tertiary/aromatic N) is 3. The standard InChI is InChI=1S/C10H12N4O2S/c1-5-6(2)11-10(12-9(5)15)17-4-8-14-13-7(3)16-8/h4H2,1-3H3,(H,11,12,15). The lowest BCUT2D eigenvalue weighted by atomic mass is 10.3. The first kappa shape index (κ1) is 11.8. The monoisotopic (exact) mass is 252 g/mol. The lowest BCUT2D eigenvalue weighted by molar-refractivity contribution is 0.485. The summed E-state index contributed by atoms with van der Waals surface area (Å²) in [5, 5.41) is 8.16. The van der Waals surface area contributed by atoms with Crippen LogP contribution in [0.2, 0.25) is 0 Å². The molecule has 0 atom stereocenters. The summed E-state index contributed by atoms with van der Waals surface area (Å²) in [5.74, 6) is 1.54. The predicted molar refractivity (Wildman–Crippen MR) is 62.9 cm³/mol. The number of aryl methyl sites for hydroxylation is 2. The van der Waals surface area contributed by atoms with Crippen molar-refractivity contribution in [3.63, 3.8) is 0 Å². The number of nitrogens with one attached hydrogen (secondary N) is 1. The van der Waals surface area contributed by atoms with Gasteiger partial charge in [-0.2, -0.15) is 0 Å². The Morgan fingerprint density at radius 3 is 2.65 bits per heavy atom. The number of thioether (sulfide) groups is 1. The highest BCUT2D eigenvalue weighted by Crippen LogP contribution is 2.17. The van der Waals surface area contributed by atoms with Crippen LogP contribution in [0, 0.1) is 20.8 Å². The SMILES string of the molecule is Cc1nnc(CSc2nc(C)c(C)c(=O)[nH]2)o1. The number of H-pyrrole nitrogens is 1. The molecule has 0 spiro atoms. The number of hydrogen-bond acceptors (Lipinski definition) is 6. The molecule has 2 aromatic rings. The van der Waals surface area contributed by atoms with Gasteiger partial charge in [0.25, 0.3) is 5.56 Å². The van der Waals surface area contributed by atoms with Crippen molar-refractivity contribution in [3.8, 4) is 0 Å². The van der Waals surface area contributed by atoms with E-state index < -0.39 is 0 Å². The molecule has 2 heterocycles. The van der Waals surface area contributed by atoms with Gasteiger partial charge >= 0.3 is 0 Å². The molecule has 7 heteroatoms. The second-order valence-electron chi connectivity index (χ2n) is 3.58. The fourth-order valence-corrected chi connectivity index (χ4v) is 1.96. The minimum Gasteiger partial charge on any atom is -0.425 e. The third kappa shape index (κ3) is 2.73. The van der Waals surface area contributed by atoms with Crippen LogP contribution in [0.1, 0.15) is 23.0 Å². The van der Waals surface area contributed by atoms with Crippen LogP contribution in [0.25, 0.3) is 0 Å². The summed E-state index contributed by atoms with van der Waals surface area (Å²) in [4.78, 5) is 18.5. The zero-order chi connectivity index (χ0) is 12.4. The van der Waals surface area contributed by atoms with Crippen molar-refractivity contribution in [1.82, 2.24) is 20.2 Å². The largest absolute Gasteiger partial charge is 0.425 e. The van der Waals surface area contributed by atoms with E-state index >= 15 is 0 Å². The maximum atomic E-state index is 11.5. The van der Waals surface area contributed by atoms with Gasteiger partial charge in [0.2, 0.25) is 11.8 Å². The van der Waals surface area contributed by atoms with Crippen LogP contribution in [0.4, 0.5) is 0 Å². The van der Waals surface area contributed by atoms with Crippen LogP contribution in [0.15, 0.2) is 14.4 Å². The molecule has 0 aliphatic heterocycles. The van der Waals surface area contributed by atoms with Gasteiger partial charge in [-0.25, -0.2) is 4.98 Å². The van der Waals surface area contributed by atoms with Crippen LogP contribution in [0.5, 0.6) is 0 Å². The van der Waals surface area contributed by atoms with Gasteiger partial charge in [0.15, 0.2) is 5.16 Å². The summed E-state index contributed by atoms with van der Waals surface area (Å²) in [5.41, 5.74) is 1.27. The van der Waals surface area contributed by atoms with Gasteiger partial charge in [-0.3, -0.25) is 4.79 Å².